The zero-order valence-electron chi connectivity index (χ0n) is 9.01. The highest BCUT2D eigenvalue weighted by Crippen LogP contribution is 2.31. The Morgan fingerprint density at radius 3 is 2.76 bits per heavy atom. The molecule has 0 aliphatic carbocycles. The van der Waals surface area contributed by atoms with Gasteiger partial charge in [-0.05, 0) is 19.1 Å². The maximum Gasteiger partial charge on any atom is 0.337 e. The van der Waals surface area contributed by atoms with Gasteiger partial charge in [-0.15, -0.1) is 0 Å². The van der Waals surface area contributed by atoms with Crippen molar-refractivity contribution >= 4 is 17.6 Å². The molecule has 0 unspecified atom stereocenters. The SMILES string of the molecule is Cc1nccc(Cl)c1-c1ccncc1C(=O)O. The van der Waals surface area contributed by atoms with Crippen molar-refractivity contribution in [3.63, 3.8) is 0 Å². The van der Waals surface area contributed by atoms with Crippen molar-refractivity contribution in [3.8, 4) is 11.1 Å². The van der Waals surface area contributed by atoms with Gasteiger partial charge in [-0.25, -0.2) is 4.79 Å². The van der Waals surface area contributed by atoms with Crippen LogP contribution < -0.4 is 0 Å². The van der Waals surface area contributed by atoms with Gasteiger partial charge < -0.3 is 5.11 Å². The summed E-state index contributed by atoms with van der Waals surface area (Å²) in [4.78, 5) is 19.0. The second-order valence-corrected chi connectivity index (χ2v) is 3.89. The lowest BCUT2D eigenvalue weighted by Crippen LogP contribution is -2.01. The first-order valence-corrected chi connectivity index (χ1v) is 5.28. The number of halogens is 1. The summed E-state index contributed by atoms with van der Waals surface area (Å²) in [6.45, 7) is 1.78. The Balaban J connectivity index is 2.73. The number of carbonyl (C=O) groups is 1. The fourth-order valence-electron chi connectivity index (χ4n) is 1.64. The molecule has 0 aliphatic heterocycles. The molecule has 0 fully saturated rings. The van der Waals surface area contributed by atoms with Gasteiger partial charge >= 0.3 is 5.97 Å². The lowest BCUT2D eigenvalue weighted by molar-refractivity contribution is 0.0697. The predicted molar refractivity (Wildman–Crippen MR) is 64.2 cm³/mol. The normalized spacial score (nSPS) is 10.2. The minimum atomic E-state index is -1.03. The highest BCUT2D eigenvalue weighted by Gasteiger charge is 2.16. The van der Waals surface area contributed by atoms with Gasteiger partial charge in [0.15, 0.2) is 0 Å². The van der Waals surface area contributed by atoms with Crippen molar-refractivity contribution in [1.82, 2.24) is 9.97 Å². The van der Waals surface area contributed by atoms with Crippen molar-refractivity contribution in [1.29, 1.82) is 0 Å². The second kappa shape index (κ2) is 4.51. The van der Waals surface area contributed by atoms with Gasteiger partial charge in [0.2, 0.25) is 0 Å². The first kappa shape index (κ1) is 11.5. The lowest BCUT2D eigenvalue weighted by atomic mass is 10.0. The molecule has 17 heavy (non-hydrogen) atoms. The first-order valence-electron chi connectivity index (χ1n) is 4.90. The Bertz CT molecular complexity index is 564. The molecule has 86 valence electrons. The van der Waals surface area contributed by atoms with E-state index in [4.69, 9.17) is 16.7 Å². The molecule has 0 aliphatic rings. The first-order chi connectivity index (χ1) is 8.11. The number of carboxylic acids is 1. The van der Waals surface area contributed by atoms with Crippen LogP contribution in [0.1, 0.15) is 16.1 Å². The molecule has 2 heterocycles. The summed E-state index contributed by atoms with van der Waals surface area (Å²) in [7, 11) is 0. The van der Waals surface area contributed by atoms with E-state index in [0.29, 0.717) is 21.8 Å². The van der Waals surface area contributed by atoms with Crippen molar-refractivity contribution in [3.05, 3.63) is 47.0 Å². The molecule has 2 rings (SSSR count). The number of rotatable bonds is 2. The van der Waals surface area contributed by atoms with Crippen LogP contribution in [0.25, 0.3) is 11.1 Å². The molecule has 0 aromatic carbocycles. The van der Waals surface area contributed by atoms with Crippen LogP contribution in [0.4, 0.5) is 0 Å². The number of hydrogen-bond donors (Lipinski definition) is 1. The summed E-state index contributed by atoms with van der Waals surface area (Å²) < 4.78 is 0. The number of hydrogen-bond acceptors (Lipinski definition) is 3. The maximum atomic E-state index is 11.1. The smallest absolute Gasteiger partial charge is 0.337 e. The monoisotopic (exact) mass is 248 g/mol. The summed E-state index contributed by atoms with van der Waals surface area (Å²) in [6.07, 6.45) is 4.42. The third-order valence-electron chi connectivity index (χ3n) is 2.41. The van der Waals surface area contributed by atoms with Crippen molar-refractivity contribution in [2.24, 2.45) is 0 Å². The van der Waals surface area contributed by atoms with E-state index >= 15 is 0 Å². The molecular formula is C12H9ClN2O2. The minimum Gasteiger partial charge on any atom is -0.478 e. The third-order valence-corrected chi connectivity index (χ3v) is 2.73. The molecular weight excluding hydrogens is 240 g/mol. The molecule has 0 saturated heterocycles. The van der Waals surface area contributed by atoms with Gasteiger partial charge in [-0.2, -0.15) is 0 Å². The predicted octanol–water partition coefficient (Wildman–Crippen LogP) is 2.80. The second-order valence-electron chi connectivity index (χ2n) is 3.48. The Labute approximate surface area is 103 Å². The van der Waals surface area contributed by atoms with Crippen LogP contribution in [0.2, 0.25) is 5.02 Å². The van der Waals surface area contributed by atoms with Gasteiger partial charge in [0, 0.05) is 35.4 Å². The Hall–Kier alpha value is -1.94. The van der Waals surface area contributed by atoms with Crippen LogP contribution in [0.5, 0.6) is 0 Å². The van der Waals surface area contributed by atoms with Crippen LogP contribution >= 0.6 is 11.6 Å². The van der Waals surface area contributed by atoms with Crippen molar-refractivity contribution < 1.29 is 9.90 Å². The quantitative estimate of drug-likeness (QED) is 0.888. The number of pyridine rings is 2. The Kier molecular flexibility index (Phi) is 3.06. The van der Waals surface area contributed by atoms with Crippen LogP contribution in [-0.2, 0) is 0 Å². The average Bonchev–Trinajstić information content (AvgIpc) is 2.29. The summed E-state index contributed by atoms with van der Waals surface area (Å²) >= 11 is 6.09. The molecule has 2 aromatic rings. The molecule has 0 amide bonds. The standard InChI is InChI=1S/C12H9ClN2O2/c1-7-11(10(13)3-5-15-7)8-2-4-14-6-9(8)12(16)17/h2-6H,1H3,(H,16,17). The van der Waals surface area contributed by atoms with E-state index in [2.05, 4.69) is 9.97 Å². The highest BCUT2D eigenvalue weighted by molar-refractivity contribution is 6.33. The molecule has 1 N–H and O–H groups in total. The molecule has 4 nitrogen and oxygen atoms in total. The number of nitrogens with zero attached hydrogens (tertiary/aromatic N) is 2. The topological polar surface area (TPSA) is 63.1 Å². The molecule has 0 bridgehead atoms. The molecule has 0 radical (unpaired) electrons. The molecule has 5 heteroatoms. The fourth-order valence-corrected chi connectivity index (χ4v) is 1.94. The molecule has 0 saturated carbocycles. The number of aromatic carboxylic acids is 1. The van der Waals surface area contributed by atoms with Gasteiger partial charge in [-0.3, -0.25) is 9.97 Å². The Morgan fingerprint density at radius 1 is 1.35 bits per heavy atom. The zero-order valence-corrected chi connectivity index (χ0v) is 9.77. The molecule has 2 aromatic heterocycles. The summed E-state index contributed by atoms with van der Waals surface area (Å²) in [5.41, 5.74) is 1.97. The van der Waals surface area contributed by atoms with Gasteiger partial charge in [0.05, 0.1) is 10.6 Å². The van der Waals surface area contributed by atoms with E-state index in [1.807, 2.05) is 0 Å². The zero-order chi connectivity index (χ0) is 12.4. The van der Waals surface area contributed by atoms with Gasteiger partial charge in [-0.1, -0.05) is 11.6 Å². The van der Waals surface area contributed by atoms with Crippen LogP contribution in [0.15, 0.2) is 30.7 Å². The van der Waals surface area contributed by atoms with E-state index in [-0.39, 0.29) is 5.56 Å². The maximum absolute atomic E-state index is 11.1. The van der Waals surface area contributed by atoms with Crippen molar-refractivity contribution in [2.45, 2.75) is 6.92 Å². The number of carboxylic acid groups (broad SMARTS) is 1. The molecule has 0 atom stereocenters. The Morgan fingerprint density at radius 2 is 2.12 bits per heavy atom. The van der Waals surface area contributed by atoms with E-state index in [0.717, 1.165) is 0 Å². The number of aryl methyl sites for hydroxylation is 1. The van der Waals surface area contributed by atoms with Crippen LogP contribution in [0.3, 0.4) is 0 Å². The summed E-state index contributed by atoms with van der Waals surface area (Å²) in [5.74, 6) is -1.03. The summed E-state index contributed by atoms with van der Waals surface area (Å²) in [6, 6.07) is 3.26. The highest BCUT2D eigenvalue weighted by atomic mass is 35.5. The third kappa shape index (κ3) is 2.12. The minimum absolute atomic E-state index is 0.116. The lowest BCUT2D eigenvalue weighted by Gasteiger charge is -2.09. The summed E-state index contributed by atoms with van der Waals surface area (Å²) in [5, 5.41) is 9.58. The molecule has 0 spiro atoms. The van der Waals surface area contributed by atoms with E-state index in [1.165, 1.54) is 12.4 Å². The fraction of sp³-hybridized carbons (Fsp3) is 0.0833. The van der Waals surface area contributed by atoms with Crippen LogP contribution in [-0.4, -0.2) is 21.0 Å². The number of aromatic nitrogens is 2. The van der Waals surface area contributed by atoms with Crippen molar-refractivity contribution in [2.75, 3.05) is 0 Å². The van der Waals surface area contributed by atoms with E-state index in [1.54, 1.807) is 25.3 Å². The van der Waals surface area contributed by atoms with E-state index < -0.39 is 5.97 Å². The van der Waals surface area contributed by atoms with Gasteiger partial charge in [0.1, 0.15) is 0 Å². The van der Waals surface area contributed by atoms with Gasteiger partial charge in [0.25, 0.3) is 0 Å². The van der Waals surface area contributed by atoms with Crippen LogP contribution in [0, 0.1) is 6.92 Å². The largest absolute Gasteiger partial charge is 0.478 e. The van der Waals surface area contributed by atoms with E-state index in [9.17, 15) is 4.79 Å². The average molecular weight is 249 g/mol.